The third-order valence-corrected chi connectivity index (χ3v) is 3.44. The molecule has 0 radical (unpaired) electrons. The SMILES string of the molecule is CSc1cc(N)nc(SC=Cc2ccccc2)n1. The lowest BCUT2D eigenvalue weighted by molar-refractivity contribution is 0.904. The van der Waals surface area contributed by atoms with Crippen molar-refractivity contribution in [3.63, 3.8) is 0 Å². The lowest BCUT2D eigenvalue weighted by Crippen LogP contribution is -1.94. The normalized spacial score (nSPS) is 10.9. The molecule has 5 heteroatoms. The molecule has 0 unspecified atom stereocenters. The Kier molecular flexibility index (Phi) is 4.66. The Morgan fingerprint density at radius 3 is 2.67 bits per heavy atom. The average molecular weight is 275 g/mol. The van der Waals surface area contributed by atoms with E-state index in [2.05, 4.69) is 9.97 Å². The van der Waals surface area contributed by atoms with Crippen LogP contribution in [0.2, 0.25) is 0 Å². The summed E-state index contributed by atoms with van der Waals surface area (Å²) >= 11 is 3.02. The zero-order chi connectivity index (χ0) is 12.8. The van der Waals surface area contributed by atoms with E-state index in [0.29, 0.717) is 11.0 Å². The predicted molar refractivity (Wildman–Crippen MR) is 79.6 cm³/mol. The second-order valence-electron chi connectivity index (χ2n) is 3.45. The van der Waals surface area contributed by atoms with Crippen LogP contribution in [-0.4, -0.2) is 16.2 Å². The number of rotatable bonds is 4. The molecule has 18 heavy (non-hydrogen) atoms. The van der Waals surface area contributed by atoms with Crippen LogP contribution in [0.25, 0.3) is 6.08 Å². The van der Waals surface area contributed by atoms with Crippen LogP contribution in [0.1, 0.15) is 5.56 Å². The molecule has 92 valence electrons. The molecule has 0 amide bonds. The first-order chi connectivity index (χ1) is 8.78. The Balaban J connectivity index is 2.06. The third-order valence-electron chi connectivity index (χ3n) is 2.14. The molecule has 1 aromatic heterocycles. The number of anilines is 1. The number of aromatic nitrogens is 2. The summed E-state index contributed by atoms with van der Waals surface area (Å²) in [6, 6.07) is 11.9. The summed E-state index contributed by atoms with van der Waals surface area (Å²) in [6.07, 6.45) is 3.99. The molecule has 0 fully saturated rings. The van der Waals surface area contributed by atoms with Crippen molar-refractivity contribution in [2.45, 2.75) is 10.2 Å². The molecule has 0 atom stereocenters. The minimum atomic E-state index is 0.505. The van der Waals surface area contributed by atoms with Crippen molar-refractivity contribution >= 4 is 35.4 Å². The van der Waals surface area contributed by atoms with E-state index >= 15 is 0 Å². The number of nitrogens with zero attached hydrogens (tertiary/aromatic N) is 2. The van der Waals surface area contributed by atoms with Gasteiger partial charge in [0, 0.05) is 6.07 Å². The maximum atomic E-state index is 5.72. The highest BCUT2D eigenvalue weighted by Crippen LogP contribution is 2.21. The van der Waals surface area contributed by atoms with Crippen LogP contribution in [0.4, 0.5) is 5.82 Å². The van der Waals surface area contributed by atoms with Gasteiger partial charge >= 0.3 is 0 Å². The minimum absolute atomic E-state index is 0.505. The minimum Gasteiger partial charge on any atom is -0.384 e. The molecule has 1 heterocycles. The van der Waals surface area contributed by atoms with Crippen molar-refractivity contribution in [1.29, 1.82) is 0 Å². The largest absolute Gasteiger partial charge is 0.384 e. The van der Waals surface area contributed by atoms with Crippen LogP contribution < -0.4 is 5.73 Å². The first-order valence-corrected chi connectivity index (χ1v) is 7.45. The van der Waals surface area contributed by atoms with Crippen LogP contribution in [-0.2, 0) is 0 Å². The van der Waals surface area contributed by atoms with E-state index in [1.165, 1.54) is 11.8 Å². The van der Waals surface area contributed by atoms with Gasteiger partial charge in [-0.2, -0.15) is 0 Å². The fourth-order valence-corrected chi connectivity index (χ4v) is 2.45. The van der Waals surface area contributed by atoms with Crippen LogP contribution >= 0.6 is 23.5 Å². The van der Waals surface area contributed by atoms with Crippen molar-refractivity contribution in [3.8, 4) is 0 Å². The van der Waals surface area contributed by atoms with E-state index in [1.54, 1.807) is 17.8 Å². The van der Waals surface area contributed by atoms with Gasteiger partial charge in [0.05, 0.1) is 0 Å². The quantitative estimate of drug-likeness (QED) is 0.525. The molecule has 0 aliphatic rings. The van der Waals surface area contributed by atoms with Gasteiger partial charge in [0.15, 0.2) is 5.16 Å². The summed E-state index contributed by atoms with van der Waals surface area (Å²) < 4.78 is 0. The van der Waals surface area contributed by atoms with Gasteiger partial charge in [0.1, 0.15) is 10.8 Å². The molecule has 0 spiro atoms. The zero-order valence-corrected chi connectivity index (χ0v) is 11.5. The number of thioether (sulfide) groups is 2. The van der Waals surface area contributed by atoms with E-state index in [-0.39, 0.29) is 0 Å². The van der Waals surface area contributed by atoms with Crippen molar-refractivity contribution < 1.29 is 0 Å². The Morgan fingerprint density at radius 2 is 1.94 bits per heavy atom. The second-order valence-corrected chi connectivity index (χ2v) is 5.15. The second kappa shape index (κ2) is 6.47. The highest BCUT2D eigenvalue weighted by molar-refractivity contribution is 8.02. The van der Waals surface area contributed by atoms with Crippen LogP contribution in [0, 0.1) is 0 Å². The number of hydrogen-bond donors (Lipinski definition) is 1. The maximum Gasteiger partial charge on any atom is 0.194 e. The molecule has 2 N–H and O–H groups in total. The monoisotopic (exact) mass is 275 g/mol. The lowest BCUT2D eigenvalue weighted by Gasteiger charge is -2.00. The number of benzene rings is 1. The summed E-state index contributed by atoms with van der Waals surface area (Å²) in [7, 11) is 0. The maximum absolute atomic E-state index is 5.72. The molecule has 0 aliphatic carbocycles. The van der Waals surface area contributed by atoms with Gasteiger partial charge in [-0.25, -0.2) is 9.97 Å². The Hall–Kier alpha value is -1.46. The third kappa shape index (κ3) is 3.78. The molecule has 2 aromatic rings. The van der Waals surface area contributed by atoms with Gasteiger partial charge in [-0.1, -0.05) is 42.1 Å². The molecule has 0 bridgehead atoms. The van der Waals surface area contributed by atoms with Gasteiger partial charge in [-0.3, -0.25) is 0 Å². The van der Waals surface area contributed by atoms with E-state index in [9.17, 15) is 0 Å². The van der Waals surface area contributed by atoms with E-state index in [1.807, 2.05) is 48.1 Å². The van der Waals surface area contributed by atoms with Crippen molar-refractivity contribution in [3.05, 3.63) is 47.4 Å². The zero-order valence-electron chi connectivity index (χ0n) is 9.91. The molecule has 0 aliphatic heterocycles. The van der Waals surface area contributed by atoms with Crippen molar-refractivity contribution in [1.82, 2.24) is 9.97 Å². The van der Waals surface area contributed by atoms with E-state index in [4.69, 9.17) is 5.73 Å². The summed E-state index contributed by atoms with van der Waals surface area (Å²) in [5.41, 5.74) is 6.87. The Bertz CT molecular complexity index is 541. The van der Waals surface area contributed by atoms with Crippen molar-refractivity contribution in [2.24, 2.45) is 0 Å². The van der Waals surface area contributed by atoms with E-state index < -0.39 is 0 Å². The summed E-state index contributed by atoms with van der Waals surface area (Å²) in [4.78, 5) is 8.54. The molecule has 3 nitrogen and oxygen atoms in total. The number of hydrogen-bond acceptors (Lipinski definition) is 5. The van der Waals surface area contributed by atoms with Gasteiger partial charge in [0.2, 0.25) is 0 Å². The van der Waals surface area contributed by atoms with Crippen LogP contribution in [0.3, 0.4) is 0 Å². The summed E-state index contributed by atoms with van der Waals surface area (Å²) in [5.74, 6) is 0.505. The van der Waals surface area contributed by atoms with Crippen LogP contribution in [0.5, 0.6) is 0 Å². The first-order valence-electron chi connectivity index (χ1n) is 5.35. The lowest BCUT2D eigenvalue weighted by atomic mass is 10.2. The highest BCUT2D eigenvalue weighted by atomic mass is 32.2. The average Bonchev–Trinajstić information content (AvgIpc) is 2.39. The predicted octanol–water partition coefficient (Wildman–Crippen LogP) is 3.54. The van der Waals surface area contributed by atoms with Gasteiger partial charge in [-0.15, -0.1) is 11.8 Å². The summed E-state index contributed by atoms with van der Waals surface area (Å²) in [5, 5.41) is 3.53. The molecule has 2 rings (SSSR count). The Labute approximate surface area is 115 Å². The fraction of sp³-hybridized carbons (Fsp3) is 0.0769. The first kappa shape index (κ1) is 13.0. The van der Waals surface area contributed by atoms with Crippen LogP contribution in [0.15, 0.2) is 52.0 Å². The van der Waals surface area contributed by atoms with Gasteiger partial charge < -0.3 is 5.73 Å². The van der Waals surface area contributed by atoms with Crippen molar-refractivity contribution in [2.75, 3.05) is 12.0 Å². The smallest absolute Gasteiger partial charge is 0.194 e. The standard InChI is InChI=1S/C13H13N3S2/c1-17-12-9-11(14)15-13(16-12)18-8-7-10-5-3-2-4-6-10/h2-9H,1H3,(H2,14,15,16). The number of nitrogen functional groups attached to an aromatic ring is 1. The topological polar surface area (TPSA) is 51.8 Å². The van der Waals surface area contributed by atoms with Gasteiger partial charge in [0.25, 0.3) is 0 Å². The molecule has 0 saturated heterocycles. The summed E-state index contributed by atoms with van der Waals surface area (Å²) in [6.45, 7) is 0. The molecular formula is C13H13N3S2. The molecule has 0 saturated carbocycles. The Morgan fingerprint density at radius 1 is 1.17 bits per heavy atom. The number of nitrogens with two attached hydrogens (primary N) is 1. The molecule has 1 aromatic carbocycles. The van der Waals surface area contributed by atoms with Gasteiger partial charge in [-0.05, 0) is 23.3 Å². The highest BCUT2D eigenvalue weighted by Gasteiger charge is 2.00. The van der Waals surface area contributed by atoms with E-state index in [0.717, 1.165) is 10.6 Å². The molecular weight excluding hydrogens is 262 g/mol. The fourth-order valence-electron chi connectivity index (χ4n) is 1.32.